The number of anilines is 3. The van der Waals surface area contributed by atoms with Crippen LogP contribution >= 0.6 is 0 Å². The number of aliphatic hydroxyl groups excluding tert-OH is 1. The Bertz CT molecular complexity index is 1440. The second-order valence-corrected chi connectivity index (χ2v) is 10.7. The van der Waals surface area contributed by atoms with Gasteiger partial charge in [-0.3, -0.25) is 4.68 Å². The van der Waals surface area contributed by atoms with E-state index in [9.17, 15) is 8.42 Å². The molecule has 0 spiro atoms. The summed E-state index contributed by atoms with van der Waals surface area (Å²) in [5.41, 5.74) is 1.24. The van der Waals surface area contributed by atoms with Crippen LogP contribution < -0.4 is 10.6 Å². The average Bonchev–Trinajstić information content (AvgIpc) is 3.45. The predicted octanol–water partition coefficient (Wildman–Crippen LogP) is 2.90. The van der Waals surface area contributed by atoms with Gasteiger partial charge in [0, 0.05) is 25.4 Å². The molecule has 0 radical (unpaired) electrons. The largest absolute Gasteiger partial charge is 0.396 e. The number of aromatic nitrogens is 6. The van der Waals surface area contributed by atoms with Crippen molar-refractivity contribution in [3.63, 3.8) is 0 Å². The molecule has 1 aliphatic carbocycles. The number of rotatable bonds is 10. The minimum atomic E-state index is -3.87. The fourth-order valence-electron chi connectivity index (χ4n) is 3.92. The first-order valence-corrected chi connectivity index (χ1v) is 13.0. The number of fused-ring (bicyclic) bond motifs is 1. The Balaban J connectivity index is 1.55. The summed E-state index contributed by atoms with van der Waals surface area (Å²) in [6, 6.07) is 8.64. The highest BCUT2D eigenvalue weighted by Crippen LogP contribution is 2.35. The maximum Gasteiger partial charge on any atom is 0.269 e. The van der Waals surface area contributed by atoms with Crippen molar-refractivity contribution in [1.82, 2.24) is 28.9 Å². The van der Waals surface area contributed by atoms with Crippen LogP contribution in [0.5, 0.6) is 0 Å². The molecule has 184 valence electrons. The molecule has 35 heavy (non-hydrogen) atoms. The Labute approximate surface area is 203 Å². The lowest BCUT2D eigenvalue weighted by atomic mass is 10.2. The minimum absolute atomic E-state index is 0.0586. The maximum absolute atomic E-state index is 13.5. The van der Waals surface area contributed by atoms with Gasteiger partial charge in [-0.05, 0) is 57.2 Å². The third-order valence-electron chi connectivity index (χ3n) is 6.11. The normalized spacial score (nSPS) is 14.8. The van der Waals surface area contributed by atoms with Crippen molar-refractivity contribution >= 4 is 38.6 Å². The van der Waals surface area contributed by atoms with Crippen LogP contribution in [0.25, 0.3) is 11.0 Å². The Morgan fingerprint density at radius 3 is 2.66 bits per heavy atom. The molecule has 1 atom stereocenters. The molecule has 0 unspecified atom stereocenters. The molecule has 0 amide bonds. The lowest BCUT2D eigenvalue weighted by molar-refractivity contribution is 0.276. The molecule has 1 aliphatic rings. The molecule has 1 saturated carbocycles. The number of hydrogen-bond donors (Lipinski definition) is 3. The number of nitrogens with zero attached hydrogens (tertiary/aromatic N) is 6. The summed E-state index contributed by atoms with van der Waals surface area (Å²) in [4.78, 5) is 9.36. The summed E-state index contributed by atoms with van der Waals surface area (Å²) in [6.07, 6.45) is 6.07. The smallest absolute Gasteiger partial charge is 0.269 e. The van der Waals surface area contributed by atoms with Crippen LogP contribution in [-0.4, -0.2) is 55.1 Å². The van der Waals surface area contributed by atoms with E-state index in [1.165, 1.54) is 10.2 Å². The Kier molecular flexibility index (Phi) is 6.15. The number of hydrogen-bond acceptors (Lipinski definition) is 9. The predicted molar refractivity (Wildman–Crippen MR) is 132 cm³/mol. The van der Waals surface area contributed by atoms with Crippen molar-refractivity contribution < 1.29 is 13.5 Å². The molecule has 0 bridgehead atoms. The highest BCUT2D eigenvalue weighted by atomic mass is 32.2. The van der Waals surface area contributed by atoms with Gasteiger partial charge >= 0.3 is 0 Å². The van der Waals surface area contributed by atoms with Gasteiger partial charge in [-0.2, -0.15) is 9.97 Å². The monoisotopic (exact) mass is 496 g/mol. The fourth-order valence-corrected chi connectivity index (χ4v) is 5.21. The molecule has 3 N–H and O–H groups in total. The zero-order valence-corrected chi connectivity index (χ0v) is 20.4. The topological polar surface area (TPSA) is 140 Å². The zero-order valence-electron chi connectivity index (χ0n) is 19.6. The summed E-state index contributed by atoms with van der Waals surface area (Å²) >= 11 is 0. The fraction of sp³-hybridized carbons (Fsp3) is 0.391. The molecular weight excluding hydrogens is 468 g/mol. The van der Waals surface area contributed by atoms with E-state index in [0.717, 1.165) is 18.4 Å². The van der Waals surface area contributed by atoms with E-state index in [2.05, 4.69) is 37.8 Å². The molecule has 0 saturated heterocycles. The SMILES string of the molecule is Cc1ccc(S(=O)(=O)n2ccc3c(N[C@@H](C)C4CC4)nc(Nc4cn(CCCO)nn4)nc32)cc1. The first-order valence-electron chi connectivity index (χ1n) is 11.6. The average molecular weight is 497 g/mol. The van der Waals surface area contributed by atoms with Crippen molar-refractivity contribution in [2.45, 2.75) is 50.6 Å². The van der Waals surface area contributed by atoms with E-state index < -0.39 is 10.0 Å². The number of nitrogens with one attached hydrogen (secondary N) is 2. The molecule has 5 rings (SSSR count). The number of aryl methyl sites for hydroxylation is 2. The van der Waals surface area contributed by atoms with Gasteiger partial charge in [-0.1, -0.05) is 22.9 Å². The maximum atomic E-state index is 13.5. The minimum Gasteiger partial charge on any atom is -0.396 e. The van der Waals surface area contributed by atoms with E-state index in [1.807, 2.05) is 6.92 Å². The van der Waals surface area contributed by atoms with Crippen molar-refractivity contribution in [2.24, 2.45) is 5.92 Å². The summed E-state index contributed by atoms with van der Waals surface area (Å²) < 4.78 is 29.7. The molecule has 3 heterocycles. The summed E-state index contributed by atoms with van der Waals surface area (Å²) in [5, 5.41) is 24.2. The first-order chi connectivity index (χ1) is 16.8. The van der Waals surface area contributed by atoms with Gasteiger partial charge in [0.05, 0.1) is 16.5 Å². The van der Waals surface area contributed by atoms with E-state index in [4.69, 9.17) is 5.11 Å². The van der Waals surface area contributed by atoms with Crippen LogP contribution in [0.15, 0.2) is 47.6 Å². The standard InChI is InChI=1S/C23H28N8O3S/c1-15-4-8-18(9-5-15)35(33,34)31-12-10-19-21(24-16(2)17-6-7-17)26-23(27-22(19)31)25-20-14-30(29-28-20)11-3-13-32/h4-5,8-10,12,14,16-17,32H,3,6-7,11,13H2,1-2H3,(H2,24,25,26,27)/t16-/m0/s1. The summed E-state index contributed by atoms with van der Waals surface area (Å²) in [6.45, 7) is 4.59. The lowest BCUT2D eigenvalue weighted by Gasteiger charge is -2.15. The van der Waals surface area contributed by atoms with Gasteiger partial charge in [0.15, 0.2) is 11.5 Å². The summed E-state index contributed by atoms with van der Waals surface area (Å²) in [5.74, 6) is 1.75. The van der Waals surface area contributed by atoms with Gasteiger partial charge < -0.3 is 15.7 Å². The van der Waals surface area contributed by atoms with Gasteiger partial charge in [0.1, 0.15) is 5.82 Å². The molecular formula is C23H28N8O3S. The van der Waals surface area contributed by atoms with Crippen molar-refractivity contribution in [3.8, 4) is 0 Å². The number of aliphatic hydroxyl groups is 1. The highest BCUT2D eigenvalue weighted by Gasteiger charge is 2.29. The van der Waals surface area contributed by atoms with Gasteiger partial charge in [-0.25, -0.2) is 12.4 Å². The quantitative estimate of drug-likeness (QED) is 0.302. The Morgan fingerprint density at radius 2 is 1.94 bits per heavy atom. The van der Waals surface area contributed by atoms with Gasteiger partial charge in [0.2, 0.25) is 5.95 Å². The molecule has 12 heteroatoms. The van der Waals surface area contributed by atoms with E-state index in [-0.39, 0.29) is 29.1 Å². The van der Waals surface area contributed by atoms with Gasteiger partial charge in [0.25, 0.3) is 10.0 Å². The van der Waals surface area contributed by atoms with Crippen LogP contribution in [0.1, 0.15) is 31.7 Å². The third-order valence-corrected chi connectivity index (χ3v) is 7.79. The first kappa shape index (κ1) is 23.2. The molecule has 3 aromatic heterocycles. The molecule has 1 aromatic carbocycles. The molecule has 11 nitrogen and oxygen atoms in total. The van der Waals surface area contributed by atoms with Crippen LogP contribution in [-0.2, 0) is 16.6 Å². The van der Waals surface area contributed by atoms with Crippen LogP contribution in [0.4, 0.5) is 17.6 Å². The van der Waals surface area contributed by atoms with Crippen LogP contribution in [0.2, 0.25) is 0 Å². The zero-order chi connectivity index (χ0) is 24.6. The van der Waals surface area contributed by atoms with E-state index in [0.29, 0.717) is 35.9 Å². The van der Waals surface area contributed by atoms with E-state index >= 15 is 0 Å². The van der Waals surface area contributed by atoms with Crippen LogP contribution in [0, 0.1) is 12.8 Å². The Morgan fingerprint density at radius 1 is 1.17 bits per heavy atom. The van der Waals surface area contributed by atoms with Crippen LogP contribution in [0.3, 0.4) is 0 Å². The van der Waals surface area contributed by atoms with Gasteiger partial charge in [-0.15, -0.1) is 5.10 Å². The second kappa shape index (κ2) is 9.27. The van der Waals surface area contributed by atoms with Crippen molar-refractivity contribution in [2.75, 3.05) is 17.2 Å². The third kappa shape index (κ3) is 4.84. The molecule has 1 fully saturated rings. The summed E-state index contributed by atoms with van der Waals surface area (Å²) in [7, 11) is -3.87. The molecule has 0 aliphatic heterocycles. The highest BCUT2D eigenvalue weighted by molar-refractivity contribution is 7.90. The van der Waals surface area contributed by atoms with Crippen molar-refractivity contribution in [3.05, 3.63) is 48.3 Å². The Hall–Kier alpha value is -3.51. The number of benzene rings is 1. The van der Waals surface area contributed by atoms with Crippen molar-refractivity contribution in [1.29, 1.82) is 0 Å². The molecule has 4 aromatic rings. The second-order valence-electron chi connectivity index (χ2n) is 8.90. The lowest BCUT2D eigenvalue weighted by Crippen LogP contribution is -2.19. The van der Waals surface area contributed by atoms with E-state index in [1.54, 1.807) is 41.2 Å².